The van der Waals surface area contributed by atoms with Crippen LogP contribution in [0.2, 0.25) is 0 Å². The molecule has 1 aromatic carbocycles. The first-order chi connectivity index (χ1) is 11.0. The molecule has 0 atom stereocenters. The number of rotatable bonds is 4. The van der Waals surface area contributed by atoms with Crippen LogP contribution < -0.4 is 0 Å². The topological polar surface area (TPSA) is 68.0 Å². The number of benzene rings is 1. The molecule has 0 radical (unpaired) electrons. The maximum Gasteiger partial charge on any atom is 0.325 e. The smallest absolute Gasteiger partial charge is 0.325 e. The van der Waals surface area contributed by atoms with Crippen molar-refractivity contribution in [3.63, 3.8) is 0 Å². The van der Waals surface area contributed by atoms with E-state index in [4.69, 9.17) is 5.11 Å². The monoisotopic (exact) mass is 311 g/mol. The highest BCUT2D eigenvalue weighted by atomic mass is 19.1. The van der Waals surface area contributed by atoms with Crippen LogP contribution in [0.3, 0.4) is 0 Å². The molecule has 2 heterocycles. The summed E-state index contributed by atoms with van der Waals surface area (Å²) < 4.78 is 14.8. The van der Waals surface area contributed by atoms with Crippen molar-refractivity contribution in [3.05, 3.63) is 60.0 Å². The van der Waals surface area contributed by atoms with Crippen molar-refractivity contribution in [2.45, 2.75) is 13.5 Å². The van der Waals surface area contributed by atoms with Gasteiger partial charge in [0.1, 0.15) is 18.1 Å². The first kappa shape index (κ1) is 14.9. The molecule has 0 saturated carbocycles. The van der Waals surface area contributed by atoms with Crippen molar-refractivity contribution in [1.29, 1.82) is 0 Å². The summed E-state index contributed by atoms with van der Waals surface area (Å²) in [5, 5.41) is 13.4. The fourth-order valence-corrected chi connectivity index (χ4v) is 2.32. The lowest BCUT2D eigenvalue weighted by Crippen LogP contribution is -2.11. The van der Waals surface area contributed by atoms with Crippen LogP contribution >= 0.6 is 0 Å². The Morgan fingerprint density at radius 3 is 2.57 bits per heavy atom. The third-order valence-corrected chi connectivity index (χ3v) is 3.42. The van der Waals surface area contributed by atoms with Crippen molar-refractivity contribution in [2.24, 2.45) is 0 Å². The fourth-order valence-electron chi connectivity index (χ4n) is 2.32. The van der Waals surface area contributed by atoms with Gasteiger partial charge in [0.15, 0.2) is 0 Å². The molecule has 0 aliphatic heterocycles. The minimum atomic E-state index is -0.986. The Morgan fingerprint density at radius 2 is 1.91 bits per heavy atom. The number of aromatic nitrogens is 3. The predicted octanol–water partition coefficient (Wildman–Crippen LogP) is 3.14. The Kier molecular flexibility index (Phi) is 3.89. The van der Waals surface area contributed by atoms with Gasteiger partial charge in [0, 0.05) is 0 Å². The molecule has 0 aliphatic rings. The van der Waals surface area contributed by atoms with Gasteiger partial charge in [0.25, 0.3) is 0 Å². The van der Waals surface area contributed by atoms with Gasteiger partial charge < -0.3 is 5.11 Å². The zero-order valence-corrected chi connectivity index (χ0v) is 12.4. The van der Waals surface area contributed by atoms with Crippen molar-refractivity contribution < 1.29 is 14.3 Å². The van der Waals surface area contributed by atoms with Gasteiger partial charge in [-0.15, -0.1) is 0 Å². The molecule has 0 saturated heterocycles. The van der Waals surface area contributed by atoms with Crippen LogP contribution in [0.1, 0.15) is 5.69 Å². The highest BCUT2D eigenvalue weighted by Crippen LogP contribution is 2.25. The Hall–Kier alpha value is -3.02. The SMILES string of the molecule is Cc1nc(-c2cc(-c3ccccc3)n(CC(=O)O)n2)ccc1F. The Morgan fingerprint density at radius 1 is 1.17 bits per heavy atom. The number of halogens is 1. The number of aliphatic carboxylic acids is 1. The number of carboxylic acids is 1. The van der Waals surface area contributed by atoms with E-state index in [1.54, 1.807) is 13.0 Å². The summed E-state index contributed by atoms with van der Waals surface area (Å²) >= 11 is 0. The molecule has 0 aliphatic carbocycles. The average Bonchev–Trinajstić information content (AvgIpc) is 2.94. The normalized spacial score (nSPS) is 10.7. The molecule has 116 valence electrons. The predicted molar refractivity (Wildman–Crippen MR) is 83.2 cm³/mol. The number of carboxylic acid groups (broad SMARTS) is 1. The minimum absolute atomic E-state index is 0.260. The number of hydrogen-bond acceptors (Lipinski definition) is 3. The number of aryl methyl sites for hydroxylation is 1. The molecule has 23 heavy (non-hydrogen) atoms. The molecule has 0 spiro atoms. The van der Waals surface area contributed by atoms with Crippen molar-refractivity contribution in [2.75, 3.05) is 0 Å². The van der Waals surface area contributed by atoms with Crippen molar-refractivity contribution >= 4 is 5.97 Å². The van der Waals surface area contributed by atoms with Gasteiger partial charge in [-0.2, -0.15) is 5.10 Å². The number of hydrogen-bond donors (Lipinski definition) is 1. The van der Waals surface area contributed by atoms with Gasteiger partial charge in [-0.1, -0.05) is 30.3 Å². The highest BCUT2D eigenvalue weighted by Gasteiger charge is 2.15. The molecule has 2 aromatic heterocycles. The van der Waals surface area contributed by atoms with E-state index >= 15 is 0 Å². The fraction of sp³-hybridized carbons (Fsp3) is 0.118. The lowest BCUT2D eigenvalue weighted by atomic mass is 10.1. The second-order valence-electron chi connectivity index (χ2n) is 5.10. The lowest BCUT2D eigenvalue weighted by molar-refractivity contribution is -0.137. The van der Waals surface area contributed by atoms with E-state index in [9.17, 15) is 9.18 Å². The Bertz CT molecular complexity index is 860. The third kappa shape index (κ3) is 3.11. The molecule has 3 rings (SSSR count). The number of carbonyl (C=O) groups is 1. The van der Waals surface area contributed by atoms with Gasteiger partial charge in [-0.25, -0.2) is 9.37 Å². The van der Waals surface area contributed by atoms with Gasteiger partial charge in [-0.05, 0) is 30.7 Å². The van der Waals surface area contributed by atoms with Crippen LogP contribution in [0.5, 0.6) is 0 Å². The Labute approximate surface area is 132 Å². The van der Waals surface area contributed by atoms with Crippen LogP contribution in [0.4, 0.5) is 4.39 Å². The van der Waals surface area contributed by atoms with Gasteiger partial charge in [0.05, 0.1) is 17.1 Å². The molecule has 0 fully saturated rings. The third-order valence-electron chi connectivity index (χ3n) is 3.42. The second-order valence-corrected chi connectivity index (χ2v) is 5.10. The summed E-state index contributed by atoms with van der Waals surface area (Å²) in [6, 6.07) is 14.0. The first-order valence-corrected chi connectivity index (χ1v) is 7.03. The molecule has 1 N–H and O–H groups in total. The largest absolute Gasteiger partial charge is 0.480 e. The van der Waals surface area contributed by atoms with E-state index in [0.29, 0.717) is 17.1 Å². The van der Waals surface area contributed by atoms with Crippen LogP contribution in [-0.4, -0.2) is 25.8 Å². The molecule has 0 unspecified atom stereocenters. The number of nitrogens with zero attached hydrogens (tertiary/aromatic N) is 3. The van der Waals surface area contributed by atoms with E-state index in [1.807, 2.05) is 30.3 Å². The summed E-state index contributed by atoms with van der Waals surface area (Å²) in [6.07, 6.45) is 0. The maximum absolute atomic E-state index is 13.4. The lowest BCUT2D eigenvalue weighted by Gasteiger charge is -2.04. The minimum Gasteiger partial charge on any atom is -0.480 e. The summed E-state index contributed by atoms with van der Waals surface area (Å²) in [7, 11) is 0. The zero-order valence-electron chi connectivity index (χ0n) is 12.4. The number of pyridine rings is 1. The van der Waals surface area contributed by atoms with E-state index in [0.717, 1.165) is 5.56 Å². The van der Waals surface area contributed by atoms with E-state index in [-0.39, 0.29) is 18.1 Å². The zero-order chi connectivity index (χ0) is 16.4. The van der Waals surface area contributed by atoms with Crippen molar-refractivity contribution in [1.82, 2.24) is 14.8 Å². The molecular formula is C17H14FN3O2. The summed E-state index contributed by atoms with van der Waals surface area (Å²) in [6.45, 7) is 1.32. The molecule has 0 bridgehead atoms. The highest BCUT2D eigenvalue weighted by molar-refractivity contribution is 5.71. The molecular weight excluding hydrogens is 297 g/mol. The molecule has 3 aromatic rings. The quantitative estimate of drug-likeness (QED) is 0.803. The Balaban J connectivity index is 2.10. The van der Waals surface area contributed by atoms with E-state index in [1.165, 1.54) is 16.8 Å². The molecule has 6 heteroatoms. The van der Waals surface area contributed by atoms with Crippen LogP contribution in [0.15, 0.2) is 48.5 Å². The average molecular weight is 311 g/mol. The maximum atomic E-state index is 13.4. The standard InChI is InChI=1S/C17H14FN3O2/c1-11-13(18)7-8-14(19-11)15-9-16(12-5-3-2-4-6-12)21(20-15)10-17(22)23/h2-9H,10H2,1H3,(H,22,23). The van der Waals surface area contributed by atoms with Gasteiger partial charge >= 0.3 is 5.97 Å². The summed E-state index contributed by atoms with van der Waals surface area (Å²) in [5.74, 6) is -1.37. The van der Waals surface area contributed by atoms with Crippen LogP contribution in [0, 0.1) is 12.7 Å². The summed E-state index contributed by atoms with van der Waals surface area (Å²) in [4.78, 5) is 15.2. The van der Waals surface area contributed by atoms with Gasteiger partial charge in [-0.3, -0.25) is 9.48 Å². The molecule has 5 nitrogen and oxygen atoms in total. The van der Waals surface area contributed by atoms with Crippen molar-refractivity contribution in [3.8, 4) is 22.6 Å². The second kappa shape index (κ2) is 6.00. The van der Waals surface area contributed by atoms with Crippen LogP contribution in [-0.2, 0) is 11.3 Å². The molecule has 0 amide bonds. The van der Waals surface area contributed by atoms with E-state index in [2.05, 4.69) is 10.1 Å². The van der Waals surface area contributed by atoms with E-state index < -0.39 is 5.97 Å². The van der Waals surface area contributed by atoms with Gasteiger partial charge in [0.2, 0.25) is 0 Å². The first-order valence-electron chi connectivity index (χ1n) is 7.03. The summed E-state index contributed by atoms with van der Waals surface area (Å²) in [5.41, 5.74) is 2.81. The van der Waals surface area contributed by atoms with Crippen LogP contribution in [0.25, 0.3) is 22.6 Å².